The molecular formula is C11H13FN2O. The van der Waals surface area contributed by atoms with Crippen LogP contribution in [0.1, 0.15) is 5.56 Å². The van der Waals surface area contributed by atoms with E-state index in [1.165, 1.54) is 12.1 Å². The number of amides is 2. The number of nitrogens with one attached hydrogen (secondary N) is 2. The predicted molar refractivity (Wildman–Crippen MR) is 58.4 cm³/mol. The van der Waals surface area contributed by atoms with E-state index in [0.29, 0.717) is 6.54 Å². The Labute approximate surface area is 88.0 Å². The molecule has 0 aliphatic carbocycles. The fourth-order valence-electron chi connectivity index (χ4n) is 1.05. The highest BCUT2D eigenvalue weighted by Crippen LogP contribution is 2.14. The maximum absolute atomic E-state index is 13.3. The lowest BCUT2D eigenvalue weighted by Crippen LogP contribution is -2.28. The molecule has 0 unspecified atom stereocenters. The van der Waals surface area contributed by atoms with E-state index in [1.54, 1.807) is 19.1 Å². The van der Waals surface area contributed by atoms with E-state index in [9.17, 15) is 9.18 Å². The van der Waals surface area contributed by atoms with E-state index in [-0.39, 0.29) is 5.69 Å². The molecule has 15 heavy (non-hydrogen) atoms. The van der Waals surface area contributed by atoms with Crippen LogP contribution in [0, 0.1) is 12.7 Å². The summed E-state index contributed by atoms with van der Waals surface area (Å²) in [5, 5.41) is 4.89. The summed E-state index contributed by atoms with van der Waals surface area (Å²) in [5.74, 6) is -0.441. The minimum Gasteiger partial charge on any atom is -0.334 e. The summed E-state index contributed by atoms with van der Waals surface area (Å²) in [6.45, 7) is 5.58. The van der Waals surface area contributed by atoms with Gasteiger partial charge in [-0.2, -0.15) is 0 Å². The zero-order chi connectivity index (χ0) is 11.3. The van der Waals surface area contributed by atoms with Crippen molar-refractivity contribution in [2.45, 2.75) is 6.92 Å². The molecule has 1 aromatic carbocycles. The molecule has 0 radical (unpaired) electrons. The van der Waals surface area contributed by atoms with Gasteiger partial charge in [0.25, 0.3) is 0 Å². The SMILES string of the molecule is C=CCNC(=O)Nc1ccc(C)cc1F. The van der Waals surface area contributed by atoms with Crippen molar-refractivity contribution in [1.82, 2.24) is 5.32 Å². The summed E-state index contributed by atoms with van der Waals surface area (Å²) in [4.78, 5) is 11.2. The van der Waals surface area contributed by atoms with Crippen molar-refractivity contribution in [3.8, 4) is 0 Å². The molecule has 0 saturated heterocycles. The molecule has 0 atom stereocenters. The van der Waals surface area contributed by atoms with Crippen LogP contribution in [0.15, 0.2) is 30.9 Å². The van der Waals surface area contributed by atoms with Crippen molar-refractivity contribution in [3.63, 3.8) is 0 Å². The van der Waals surface area contributed by atoms with Crippen molar-refractivity contribution in [3.05, 3.63) is 42.2 Å². The third kappa shape index (κ3) is 3.42. The van der Waals surface area contributed by atoms with Gasteiger partial charge in [-0.15, -0.1) is 6.58 Å². The van der Waals surface area contributed by atoms with Crippen LogP contribution in [0.3, 0.4) is 0 Å². The lowest BCUT2D eigenvalue weighted by molar-refractivity contribution is 0.253. The van der Waals surface area contributed by atoms with Crippen molar-refractivity contribution in [2.24, 2.45) is 0 Å². The summed E-state index contributed by atoms with van der Waals surface area (Å²) < 4.78 is 13.3. The number of urea groups is 1. The van der Waals surface area contributed by atoms with Crippen molar-refractivity contribution in [2.75, 3.05) is 11.9 Å². The highest BCUT2D eigenvalue weighted by atomic mass is 19.1. The molecule has 4 heteroatoms. The van der Waals surface area contributed by atoms with E-state index in [1.807, 2.05) is 0 Å². The van der Waals surface area contributed by atoms with Crippen LogP contribution < -0.4 is 10.6 Å². The minimum atomic E-state index is -0.447. The van der Waals surface area contributed by atoms with Crippen LogP contribution in [0.25, 0.3) is 0 Å². The minimum absolute atomic E-state index is 0.169. The molecule has 0 spiro atoms. The largest absolute Gasteiger partial charge is 0.334 e. The van der Waals surface area contributed by atoms with Crippen LogP contribution in [-0.4, -0.2) is 12.6 Å². The first kappa shape index (κ1) is 11.2. The van der Waals surface area contributed by atoms with Gasteiger partial charge in [-0.05, 0) is 24.6 Å². The maximum atomic E-state index is 13.3. The van der Waals surface area contributed by atoms with Gasteiger partial charge in [0.15, 0.2) is 0 Å². The molecule has 1 aromatic rings. The van der Waals surface area contributed by atoms with Gasteiger partial charge in [0.05, 0.1) is 5.69 Å². The van der Waals surface area contributed by atoms with Crippen LogP contribution >= 0.6 is 0 Å². The van der Waals surface area contributed by atoms with E-state index in [4.69, 9.17) is 0 Å². The number of carbonyl (C=O) groups excluding carboxylic acids is 1. The van der Waals surface area contributed by atoms with Gasteiger partial charge in [-0.3, -0.25) is 0 Å². The lowest BCUT2D eigenvalue weighted by atomic mass is 10.2. The molecule has 3 nitrogen and oxygen atoms in total. The van der Waals surface area contributed by atoms with E-state index >= 15 is 0 Å². The summed E-state index contributed by atoms with van der Waals surface area (Å²) in [5.41, 5.74) is 0.978. The van der Waals surface area contributed by atoms with Gasteiger partial charge in [0.1, 0.15) is 5.82 Å². The Kier molecular flexibility index (Phi) is 3.85. The normalized spacial score (nSPS) is 9.47. The molecule has 0 bridgehead atoms. The summed E-state index contributed by atoms with van der Waals surface area (Å²) in [6.07, 6.45) is 1.55. The number of hydrogen-bond acceptors (Lipinski definition) is 1. The fraction of sp³-hybridized carbons (Fsp3) is 0.182. The molecule has 0 saturated carbocycles. The topological polar surface area (TPSA) is 41.1 Å². The number of benzene rings is 1. The summed E-state index contributed by atoms with van der Waals surface area (Å²) in [7, 11) is 0. The Morgan fingerprint density at radius 2 is 2.33 bits per heavy atom. The standard InChI is InChI=1S/C11H13FN2O/c1-3-6-13-11(15)14-10-5-4-8(2)7-9(10)12/h3-5,7H,1,6H2,2H3,(H2,13,14,15). The fourth-order valence-corrected chi connectivity index (χ4v) is 1.05. The Morgan fingerprint density at radius 3 is 2.93 bits per heavy atom. The Balaban J connectivity index is 2.64. The maximum Gasteiger partial charge on any atom is 0.319 e. The summed E-state index contributed by atoms with van der Waals surface area (Å²) >= 11 is 0. The zero-order valence-electron chi connectivity index (χ0n) is 8.51. The van der Waals surface area contributed by atoms with E-state index < -0.39 is 11.8 Å². The quantitative estimate of drug-likeness (QED) is 0.736. The number of carbonyl (C=O) groups is 1. The van der Waals surface area contributed by atoms with Crippen molar-refractivity contribution < 1.29 is 9.18 Å². The molecule has 0 aromatic heterocycles. The van der Waals surface area contributed by atoms with Crippen LogP contribution in [0.2, 0.25) is 0 Å². The second-order valence-corrected chi connectivity index (χ2v) is 3.11. The smallest absolute Gasteiger partial charge is 0.319 e. The molecule has 80 valence electrons. The second-order valence-electron chi connectivity index (χ2n) is 3.11. The number of halogens is 1. The van der Waals surface area contributed by atoms with Gasteiger partial charge >= 0.3 is 6.03 Å². The number of anilines is 1. The number of aryl methyl sites for hydroxylation is 1. The van der Waals surface area contributed by atoms with Gasteiger partial charge < -0.3 is 10.6 Å². The third-order valence-corrected chi connectivity index (χ3v) is 1.78. The van der Waals surface area contributed by atoms with Crippen molar-refractivity contribution in [1.29, 1.82) is 0 Å². The average molecular weight is 208 g/mol. The molecular weight excluding hydrogens is 195 g/mol. The molecule has 0 aliphatic heterocycles. The lowest BCUT2D eigenvalue weighted by Gasteiger charge is -2.07. The monoisotopic (exact) mass is 208 g/mol. The van der Waals surface area contributed by atoms with Crippen LogP contribution in [0.5, 0.6) is 0 Å². The molecule has 2 N–H and O–H groups in total. The zero-order valence-corrected chi connectivity index (χ0v) is 8.51. The molecule has 0 aliphatic rings. The number of rotatable bonds is 3. The highest BCUT2D eigenvalue weighted by Gasteiger charge is 2.05. The highest BCUT2D eigenvalue weighted by molar-refractivity contribution is 5.89. The average Bonchev–Trinajstić information content (AvgIpc) is 2.19. The Hall–Kier alpha value is -1.84. The van der Waals surface area contributed by atoms with Gasteiger partial charge in [-0.1, -0.05) is 12.1 Å². The Bertz CT molecular complexity index is 377. The second kappa shape index (κ2) is 5.14. The van der Waals surface area contributed by atoms with Gasteiger partial charge in [0.2, 0.25) is 0 Å². The van der Waals surface area contributed by atoms with E-state index in [0.717, 1.165) is 5.56 Å². The molecule has 1 rings (SSSR count). The molecule has 0 fully saturated rings. The van der Waals surface area contributed by atoms with Crippen LogP contribution in [0.4, 0.5) is 14.9 Å². The van der Waals surface area contributed by atoms with Crippen LogP contribution in [-0.2, 0) is 0 Å². The first-order valence-electron chi connectivity index (χ1n) is 4.55. The molecule has 0 heterocycles. The van der Waals surface area contributed by atoms with E-state index in [2.05, 4.69) is 17.2 Å². The number of hydrogen-bond donors (Lipinski definition) is 2. The first-order valence-corrected chi connectivity index (χ1v) is 4.55. The Morgan fingerprint density at radius 1 is 1.60 bits per heavy atom. The van der Waals surface area contributed by atoms with Gasteiger partial charge in [0, 0.05) is 6.54 Å². The molecule has 2 amide bonds. The van der Waals surface area contributed by atoms with Gasteiger partial charge in [-0.25, -0.2) is 9.18 Å². The first-order chi connectivity index (χ1) is 7.13. The predicted octanol–water partition coefficient (Wildman–Crippen LogP) is 2.44. The third-order valence-electron chi connectivity index (χ3n) is 1.78. The summed E-state index contributed by atoms with van der Waals surface area (Å²) in [6, 6.07) is 4.17. The van der Waals surface area contributed by atoms with Crippen molar-refractivity contribution >= 4 is 11.7 Å².